The van der Waals surface area contributed by atoms with Gasteiger partial charge in [-0.2, -0.15) is 39.5 Å². The second-order valence-corrected chi connectivity index (χ2v) is 4.52. The van der Waals surface area contributed by atoms with Crippen molar-refractivity contribution >= 4 is 5.91 Å². The maximum absolute atomic E-state index is 12.3. The molecule has 0 fully saturated rings. The maximum Gasteiger partial charge on any atom is 0.389 e. The van der Waals surface area contributed by atoms with Gasteiger partial charge in [-0.1, -0.05) is 0 Å². The Hall–Kier alpha value is -1.16. The van der Waals surface area contributed by atoms with Gasteiger partial charge in [0.1, 0.15) is 0 Å². The van der Waals surface area contributed by atoms with Gasteiger partial charge in [-0.05, 0) is 0 Å². The summed E-state index contributed by atoms with van der Waals surface area (Å²) >= 11 is 0. The standard InChI is InChI=1S/C9H10F9NO/c10-7(11,12)2-6(1-5(19)20,3-8(13,14)15)4-9(16,17)18/h1-4H2,(H2,19,20). The smallest absolute Gasteiger partial charge is 0.370 e. The fraction of sp³-hybridized carbons (Fsp3) is 0.889. The van der Waals surface area contributed by atoms with E-state index in [0.29, 0.717) is 0 Å². The third-order valence-electron chi connectivity index (χ3n) is 2.28. The summed E-state index contributed by atoms with van der Waals surface area (Å²) in [5.74, 6) is -1.66. The van der Waals surface area contributed by atoms with E-state index < -0.39 is 55.5 Å². The van der Waals surface area contributed by atoms with Crippen molar-refractivity contribution in [1.29, 1.82) is 0 Å². The summed E-state index contributed by atoms with van der Waals surface area (Å²) in [6.45, 7) is 0. The first-order chi connectivity index (χ1) is 8.54. The second kappa shape index (κ2) is 5.68. The van der Waals surface area contributed by atoms with Crippen molar-refractivity contribution in [3.63, 3.8) is 0 Å². The molecule has 20 heavy (non-hydrogen) atoms. The number of primary amides is 1. The van der Waals surface area contributed by atoms with Crippen LogP contribution in [0.15, 0.2) is 0 Å². The summed E-state index contributed by atoms with van der Waals surface area (Å²) in [7, 11) is 0. The molecule has 0 aromatic heterocycles. The summed E-state index contributed by atoms with van der Waals surface area (Å²) in [6.07, 6.45) is -24.8. The van der Waals surface area contributed by atoms with E-state index in [9.17, 15) is 44.3 Å². The topological polar surface area (TPSA) is 43.1 Å². The Morgan fingerprint density at radius 2 is 0.950 bits per heavy atom. The van der Waals surface area contributed by atoms with Gasteiger partial charge in [0.05, 0.1) is 19.3 Å². The summed E-state index contributed by atoms with van der Waals surface area (Å²) in [6, 6.07) is 0. The molecule has 0 saturated heterocycles. The predicted molar refractivity (Wildman–Crippen MR) is 48.3 cm³/mol. The van der Waals surface area contributed by atoms with Crippen molar-refractivity contribution in [3.05, 3.63) is 0 Å². The molecule has 0 bridgehead atoms. The van der Waals surface area contributed by atoms with Crippen molar-refractivity contribution in [2.75, 3.05) is 0 Å². The zero-order chi connectivity index (χ0) is 16.4. The van der Waals surface area contributed by atoms with Gasteiger partial charge in [0.15, 0.2) is 0 Å². The van der Waals surface area contributed by atoms with Crippen LogP contribution >= 0.6 is 0 Å². The van der Waals surface area contributed by atoms with E-state index in [1.54, 1.807) is 0 Å². The summed E-state index contributed by atoms with van der Waals surface area (Å²) in [5.41, 5.74) is 1.12. The van der Waals surface area contributed by atoms with Gasteiger partial charge in [0.2, 0.25) is 5.91 Å². The first-order valence-electron chi connectivity index (χ1n) is 5.02. The zero-order valence-electron chi connectivity index (χ0n) is 9.72. The Morgan fingerprint density at radius 3 is 1.10 bits per heavy atom. The number of hydrogen-bond acceptors (Lipinski definition) is 1. The van der Waals surface area contributed by atoms with Crippen molar-refractivity contribution in [2.45, 2.75) is 44.2 Å². The van der Waals surface area contributed by atoms with E-state index in [1.165, 1.54) is 0 Å². The normalized spacial score (nSPS) is 14.4. The lowest BCUT2D eigenvalue weighted by molar-refractivity contribution is -0.226. The molecule has 11 heteroatoms. The number of hydrogen-bond donors (Lipinski definition) is 1. The Balaban J connectivity index is 5.56. The SMILES string of the molecule is NC(=O)CC(CC(F)(F)F)(CC(F)(F)F)CC(F)(F)F. The molecule has 0 aliphatic carbocycles. The third kappa shape index (κ3) is 8.86. The van der Waals surface area contributed by atoms with E-state index in [1.807, 2.05) is 0 Å². The van der Waals surface area contributed by atoms with Gasteiger partial charge in [-0.25, -0.2) is 0 Å². The van der Waals surface area contributed by atoms with Gasteiger partial charge >= 0.3 is 18.5 Å². The van der Waals surface area contributed by atoms with E-state index >= 15 is 0 Å². The third-order valence-corrected chi connectivity index (χ3v) is 2.28. The molecule has 0 saturated carbocycles. The largest absolute Gasteiger partial charge is 0.389 e. The average molecular weight is 319 g/mol. The quantitative estimate of drug-likeness (QED) is 0.771. The number of rotatable bonds is 5. The molecule has 0 aromatic rings. The zero-order valence-corrected chi connectivity index (χ0v) is 9.72. The second-order valence-electron chi connectivity index (χ2n) is 4.52. The molecular weight excluding hydrogens is 309 g/mol. The summed E-state index contributed by atoms with van der Waals surface area (Å²) in [5, 5.41) is 0. The molecule has 2 nitrogen and oxygen atoms in total. The molecule has 1 amide bonds. The van der Waals surface area contributed by atoms with Crippen LogP contribution in [0.2, 0.25) is 0 Å². The highest BCUT2D eigenvalue weighted by Crippen LogP contribution is 2.50. The van der Waals surface area contributed by atoms with Crippen LogP contribution in [0, 0.1) is 5.41 Å². The lowest BCUT2D eigenvalue weighted by atomic mass is 9.74. The lowest BCUT2D eigenvalue weighted by Gasteiger charge is -2.35. The number of nitrogens with two attached hydrogens (primary N) is 1. The predicted octanol–water partition coefficient (Wildman–Crippen LogP) is 3.71. The minimum Gasteiger partial charge on any atom is -0.370 e. The molecule has 0 aliphatic rings. The molecule has 2 N–H and O–H groups in total. The molecule has 0 unspecified atom stereocenters. The van der Waals surface area contributed by atoms with Gasteiger partial charge in [-0.3, -0.25) is 4.79 Å². The Kier molecular flexibility index (Phi) is 5.35. The van der Waals surface area contributed by atoms with Crippen LogP contribution in [0.25, 0.3) is 0 Å². The summed E-state index contributed by atoms with van der Waals surface area (Å²) < 4.78 is 110. The minimum absolute atomic E-state index is 1.66. The molecule has 0 spiro atoms. The highest BCUT2D eigenvalue weighted by molar-refractivity contribution is 5.74. The van der Waals surface area contributed by atoms with Crippen LogP contribution in [-0.2, 0) is 4.79 Å². The van der Waals surface area contributed by atoms with E-state index in [2.05, 4.69) is 5.73 Å². The Labute approximate surface area is 107 Å². The summed E-state index contributed by atoms with van der Waals surface area (Å²) in [4.78, 5) is 10.6. The Morgan fingerprint density at radius 1 is 0.700 bits per heavy atom. The molecule has 0 rings (SSSR count). The number of alkyl halides is 9. The van der Waals surface area contributed by atoms with Crippen LogP contribution in [0.1, 0.15) is 25.7 Å². The lowest BCUT2D eigenvalue weighted by Crippen LogP contribution is -2.40. The van der Waals surface area contributed by atoms with Crippen molar-refractivity contribution in [3.8, 4) is 0 Å². The van der Waals surface area contributed by atoms with E-state index in [0.717, 1.165) is 0 Å². The van der Waals surface area contributed by atoms with Gasteiger partial charge < -0.3 is 5.73 Å². The minimum atomic E-state index is -5.30. The molecule has 120 valence electrons. The maximum atomic E-state index is 12.3. The molecule has 0 heterocycles. The van der Waals surface area contributed by atoms with Crippen molar-refractivity contribution in [2.24, 2.45) is 11.1 Å². The monoisotopic (exact) mass is 319 g/mol. The number of amides is 1. The highest BCUT2D eigenvalue weighted by atomic mass is 19.4. The fourth-order valence-electron chi connectivity index (χ4n) is 2.02. The highest BCUT2D eigenvalue weighted by Gasteiger charge is 2.54. The first kappa shape index (κ1) is 18.8. The van der Waals surface area contributed by atoms with Gasteiger partial charge in [-0.15, -0.1) is 0 Å². The molecule has 0 radical (unpaired) electrons. The van der Waals surface area contributed by atoms with Crippen molar-refractivity contribution < 1.29 is 44.3 Å². The number of carbonyl (C=O) groups is 1. The number of halogens is 9. The van der Waals surface area contributed by atoms with Crippen LogP contribution in [0.4, 0.5) is 39.5 Å². The first-order valence-corrected chi connectivity index (χ1v) is 5.02. The van der Waals surface area contributed by atoms with Gasteiger partial charge in [0.25, 0.3) is 0 Å². The van der Waals surface area contributed by atoms with Crippen LogP contribution in [0.3, 0.4) is 0 Å². The molecule has 0 aliphatic heterocycles. The van der Waals surface area contributed by atoms with E-state index in [4.69, 9.17) is 0 Å². The van der Waals surface area contributed by atoms with Crippen LogP contribution < -0.4 is 5.73 Å². The number of carbonyl (C=O) groups excluding carboxylic acids is 1. The fourth-order valence-corrected chi connectivity index (χ4v) is 2.02. The Bertz CT molecular complexity index is 300. The molecular formula is C9H10F9NO. The van der Waals surface area contributed by atoms with Crippen LogP contribution in [0.5, 0.6) is 0 Å². The van der Waals surface area contributed by atoms with Crippen LogP contribution in [-0.4, -0.2) is 24.4 Å². The van der Waals surface area contributed by atoms with Crippen molar-refractivity contribution in [1.82, 2.24) is 0 Å². The van der Waals surface area contributed by atoms with E-state index in [-0.39, 0.29) is 0 Å². The average Bonchev–Trinajstić information content (AvgIpc) is 1.86. The molecule has 0 aromatic carbocycles. The molecule has 0 atom stereocenters. The van der Waals surface area contributed by atoms with Gasteiger partial charge in [0, 0.05) is 11.8 Å².